The summed E-state index contributed by atoms with van der Waals surface area (Å²) in [6.07, 6.45) is -1.18. The monoisotopic (exact) mass is 283 g/mol. The predicted molar refractivity (Wildman–Crippen MR) is 64.7 cm³/mol. The highest BCUT2D eigenvalue weighted by molar-refractivity contribution is 6.01. The molecule has 2 aromatic rings. The molecule has 0 fully saturated rings. The van der Waals surface area contributed by atoms with Crippen LogP contribution in [0.5, 0.6) is 5.88 Å². The van der Waals surface area contributed by atoms with E-state index in [-0.39, 0.29) is 17.5 Å². The molecule has 1 amide bonds. The molecule has 0 bridgehead atoms. The van der Waals surface area contributed by atoms with E-state index in [1.165, 1.54) is 29.1 Å². The van der Waals surface area contributed by atoms with Gasteiger partial charge in [-0.25, -0.2) is 13.8 Å². The summed E-state index contributed by atoms with van der Waals surface area (Å²) in [7, 11) is 1.66. The van der Waals surface area contributed by atoms with Crippen molar-refractivity contribution in [1.82, 2.24) is 19.7 Å². The predicted octanol–water partition coefficient (Wildman–Crippen LogP) is 1.11. The average Bonchev–Trinajstić information content (AvgIpc) is 2.82. The fraction of sp³-hybridized carbons (Fsp3) is 0.273. The number of alkyl halides is 2. The van der Waals surface area contributed by atoms with E-state index < -0.39 is 18.9 Å². The Labute approximate surface area is 112 Å². The van der Waals surface area contributed by atoms with Gasteiger partial charge in [0.15, 0.2) is 6.61 Å². The highest BCUT2D eigenvalue weighted by Crippen LogP contribution is 2.10. The van der Waals surface area contributed by atoms with Gasteiger partial charge in [0.1, 0.15) is 12.0 Å². The minimum Gasteiger partial charge on any atom is -0.472 e. The van der Waals surface area contributed by atoms with Crippen molar-refractivity contribution in [1.29, 1.82) is 0 Å². The number of carbonyl (C=O) groups is 1. The maximum atomic E-state index is 12.0. The van der Waals surface area contributed by atoms with Crippen LogP contribution in [-0.4, -0.2) is 38.7 Å². The molecule has 0 aliphatic rings. The molecule has 0 saturated heterocycles. The maximum Gasteiger partial charge on any atom is 0.276 e. The van der Waals surface area contributed by atoms with Crippen molar-refractivity contribution in [2.75, 3.05) is 11.9 Å². The van der Waals surface area contributed by atoms with Gasteiger partial charge >= 0.3 is 0 Å². The number of ether oxygens (including phenoxy) is 1. The third-order valence-electron chi connectivity index (χ3n) is 2.25. The van der Waals surface area contributed by atoms with Gasteiger partial charge in [0, 0.05) is 13.1 Å². The number of aryl methyl sites for hydroxylation is 1. The van der Waals surface area contributed by atoms with Crippen LogP contribution in [0.15, 0.2) is 24.5 Å². The summed E-state index contributed by atoms with van der Waals surface area (Å²) in [6.45, 7) is -0.776. The minimum atomic E-state index is -2.60. The number of aromatic nitrogens is 4. The molecular weight excluding hydrogens is 272 g/mol. The number of hydrogen-bond donors (Lipinski definition) is 1. The molecule has 7 nitrogen and oxygen atoms in total. The second kappa shape index (κ2) is 6.04. The molecule has 0 aliphatic heterocycles. The van der Waals surface area contributed by atoms with Gasteiger partial charge in [0.25, 0.3) is 12.3 Å². The molecule has 0 aliphatic carbocycles. The lowest BCUT2D eigenvalue weighted by Crippen LogP contribution is -2.17. The molecule has 106 valence electrons. The first-order valence-electron chi connectivity index (χ1n) is 5.59. The molecule has 9 heteroatoms. The number of pyridine rings is 1. The van der Waals surface area contributed by atoms with Gasteiger partial charge in [-0.15, -0.1) is 10.2 Å². The zero-order valence-corrected chi connectivity index (χ0v) is 10.5. The molecule has 20 heavy (non-hydrogen) atoms. The van der Waals surface area contributed by atoms with Crippen molar-refractivity contribution in [3.05, 3.63) is 30.2 Å². The van der Waals surface area contributed by atoms with Crippen LogP contribution >= 0.6 is 0 Å². The van der Waals surface area contributed by atoms with Crippen molar-refractivity contribution < 1.29 is 18.3 Å². The number of amides is 1. The number of nitrogens with zero attached hydrogens (tertiary/aromatic N) is 4. The Morgan fingerprint density at radius 1 is 1.50 bits per heavy atom. The summed E-state index contributed by atoms with van der Waals surface area (Å²) in [6, 6.07) is 4.31. The van der Waals surface area contributed by atoms with Crippen LogP contribution in [0.3, 0.4) is 0 Å². The van der Waals surface area contributed by atoms with E-state index in [1.807, 2.05) is 0 Å². The number of carbonyl (C=O) groups excluding carboxylic acids is 1. The second-order valence-electron chi connectivity index (χ2n) is 3.78. The summed E-state index contributed by atoms with van der Waals surface area (Å²) in [5.41, 5.74) is 0.0276. The normalized spacial score (nSPS) is 10.6. The van der Waals surface area contributed by atoms with Crippen molar-refractivity contribution in [2.24, 2.45) is 7.05 Å². The largest absolute Gasteiger partial charge is 0.472 e. The Balaban J connectivity index is 2.06. The standard InChI is InChI=1S/C11H11F2N5O2/c1-18-6-14-17-11(18)16-10(19)7-3-2-4-9(15-7)20-5-8(12)13/h2-4,6,8H,5H2,1H3,(H,16,17,19). The smallest absolute Gasteiger partial charge is 0.276 e. The van der Waals surface area contributed by atoms with Crippen molar-refractivity contribution >= 4 is 11.9 Å². The van der Waals surface area contributed by atoms with Gasteiger partial charge in [-0.05, 0) is 6.07 Å². The number of halogens is 2. The average molecular weight is 283 g/mol. The molecule has 2 rings (SSSR count). The van der Waals surface area contributed by atoms with E-state index in [9.17, 15) is 13.6 Å². The fourth-order valence-electron chi connectivity index (χ4n) is 1.33. The van der Waals surface area contributed by atoms with E-state index in [0.29, 0.717) is 0 Å². The van der Waals surface area contributed by atoms with Crippen LogP contribution < -0.4 is 10.1 Å². The molecule has 0 aromatic carbocycles. The minimum absolute atomic E-state index is 0.0276. The molecule has 0 saturated carbocycles. The van der Waals surface area contributed by atoms with Gasteiger partial charge in [0.2, 0.25) is 11.8 Å². The van der Waals surface area contributed by atoms with E-state index in [0.717, 1.165) is 0 Å². The van der Waals surface area contributed by atoms with Crippen molar-refractivity contribution in [3.8, 4) is 5.88 Å². The van der Waals surface area contributed by atoms with Gasteiger partial charge in [-0.1, -0.05) is 6.07 Å². The topological polar surface area (TPSA) is 81.9 Å². The van der Waals surface area contributed by atoms with Crippen LogP contribution in [0.1, 0.15) is 10.5 Å². The molecule has 0 spiro atoms. The maximum absolute atomic E-state index is 12.0. The summed E-state index contributed by atoms with van der Waals surface area (Å²) in [5, 5.41) is 9.77. The SMILES string of the molecule is Cn1cnnc1NC(=O)c1cccc(OCC(F)F)n1. The Bertz CT molecular complexity index is 602. The molecule has 0 radical (unpaired) electrons. The van der Waals surface area contributed by atoms with Crippen LogP contribution in [0.4, 0.5) is 14.7 Å². The Kier molecular flexibility index (Phi) is 4.18. The molecule has 1 N–H and O–H groups in total. The van der Waals surface area contributed by atoms with Crippen LogP contribution in [0.2, 0.25) is 0 Å². The fourth-order valence-corrected chi connectivity index (χ4v) is 1.33. The number of rotatable bonds is 5. The first-order valence-corrected chi connectivity index (χ1v) is 5.59. The Morgan fingerprint density at radius 3 is 2.95 bits per heavy atom. The van der Waals surface area contributed by atoms with Gasteiger partial charge in [0.05, 0.1) is 0 Å². The summed E-state index contributed by atoms with van der Waals surface area (Å²) in [4.78, 5) is 15.7. The third kappa shape index (κ3) is 3.46. The van der Waals surface area contributed by atoms with Crippen LogP contribution in [0.25, 0.3) is 0 Å². The quantitative estimate of drug-likeness (QED) is 0.888. The lowest BCUT2D eigenvalue weighted by Gasteiger charge is -2.06. The molecule has 2 heterocycles. The first kappa shape index (κ1) is 13.8. The van der Waals surface area contributed by atoms with Gasteiger partial charge in [-0.3, -0.25) is 10.1 Å². The highest BCUT2D eigenvalue weighted by Gasteiger charge is 2.12. The lowest BCUT2D eigenvalue weighted by molar-refractivity contribution is 0.0794. The summed E-state index contributed by atoms with van der Waals surface area (Å²) >= 11 is 0. The molecule has 0 atom stereocenters. The van der Waals surface area contributed by atoms with Crippen molar-refractivity contribution in [2.45, 2.75) is 6.43 Å². The van der Waals surface area contributed by atoms with Gasteiger partial charge in [-0.2, -0.15) is 0 Å². The van der Waals surface area contributed by atoms with E-state index >= 15 is 0 Å². The zero-order chi connectivity index (χ0) is 14.5. The van der Waals surface area contributed by atoms with E-state index in [1.54, 1.807) is 7.05 Å². The zero-order valence-electron chi connectivity index (χ0n) is 10.5. The molecular formula is C11H11F2N5O2. The third-order valence-corrected chi connectivity index (χ3v) is 2.25. The Hall–Kier alpha value is -2.58. The Morgan fingerprint density at radius 2 is 2.30 bits per heavy atom. The van der Waals surface area contributed by atoms with E-state index in [4.69, 9.17) is 4.74 Å². The van der Waals surface area contributed by atoms with Crippen LogP contribution in [-0.2, 0) is 7.05 Å². The number of hydrogen-bond acceptors (Lipinski definition) is 5. The second-order valence-corrected chi connectivity index (χ2v) is 3.78. The first-order chi connectivity index (χ1) is 9.56. The van der Waals surface area contributed by atoms with E-state index in [2.05, 4.69) is 20.5 Å². The highest BCUT2D eigenvalue weighted by atomic mass is 19.3. The summed E-state index contributed by atoms with van der Waals surface area (Å²) in [5.74, 6) is -0.338. The van der Waals surface area contributed by atoms with Crippen molar-refractivity contribution in [3.63, 3.8) is 0 Å². The van der Waals surface area contributed by atoms with Gasteiger partial charge < -0.3 is 9.30 Å². The molecule has 0 unspecified atom stereocenters. The number of anilines is 1. The molecule has 2 aromatic heterocycles. The number of nitrogens with one attached hydrogen (secondary N) is 1. The van der Waals surface area contributed by atoms with Crippen LogP contribution in [0, 0.1) is 0 Å². The summed E-state index contributed by atoms with van der Waals surface area (Å²) < 4.78 is 30.3. The lowest BCUT2D eigenvalue weighted by atomic mass is 10.3.